The lowest BCUT2D eigenvalue weighted by atomic mass is 9.90. The normalized spacial score (nSPS) is 15.5. The molecule has 0 bridgehead atoms. The molecule has 1 saturated carbocycles. The van der Waals surface area contributed by atoms with Crippen LogP contribution in [0.25, 0.3) is 11.0 Å². The molecule has 1 aliphatic carbocycles. The summed E-state index contributed by atoms with van der Waals surface area (Å²) < 4.78 is 7.40. The Morgan fingerprint density at radius 2 is 1.75 bits per heavy atom. The Hall–Kier alpha value is -3.41. The molecule has 1 aromatic carbocycles. The van der Waals surface area contributed by atoms with E-state index in [4.69, 9.17) is 9.40 Å². The highest BCUT2D eigenvalue weighted by atomic mass is 35.5. The number of carbonyl (C=O) groups is 2. The van der Waals surface area contributed by atoms with Crippen LogP contribution in [-0.2, 0) is 35.8 Å². The maximum Gasteiger partial charge on any atom is 0.261 e. The van der Waals surface area contributed by atoms with Crippen LogP contribution in [0.5, 0.6) is 0 Å². The van der Waals surface area contributed by atoms with Gasteiger partial charge in [-0.15, -0.1) is 37.2 Å². The molecule has 3 aromatic heterocycles. The van der Waals surface area contributed by atoms with Crippen molar-refractivity contribution in [1.29, 1.82) is 0 Å². The van der Waals surface area contributed by atoms with Crippen LogP contribution in [0.4, 0.5) is 11.4 Å². The van der Waals surface area contributed by atoms with Crippen LogP contribution in [0, 0.1) is 12.3 Å². The highest BCUT2D eigenvalue weighted by Gasteiger charge is 2.45. The van der Waals surface area contributed by atoms with Gasteiger partial charge in [-0.3, -0.25) is 24.3 Å². The van der Waals surface area contributed by atoms with Crippen molar-refractivity contribution in [3.8, 4) is 0 Å². The van der Waals surface area contributed by atoms with Crippen molar-refractivity contribution in [1.82, 2.24) is 19.8 Å². The third-order valence-corrected chi connectivity index (χ3v) is 8.99. The van der Waals surface area contributed by atoms with E-state index < -0.39 is 5.41 Å². The van der Waals surface area contributed by atoms with Gasteiger partial charge in [-0.05, 0) is 82.0 Å². The number of aryl methyl sites for hydroxylation is 1. The molecule has 1 aliphatic heterocycles. The summed E-state index contributed by atoms with van der Waals surface area (Å²) in [5, 5.41) is 4.17. The zero-order valence-electron chi connectivity index (χ0n) is 28.0. The van der Waals surface area contributed by atoms with Crippen LogP contribution in [0.1, 0.15) is 56.2 Å². The Kier molecular flexibility index (Phi) is 12.9. The Morgan fingerprint density at radius 3 is 2.46 bits per heavy atom. The van der Waals surface area contributed by atoms with Gasteiger partial charge in [0.25, 0.3) is 5.56 Å². The van der Waals surface area contributed by atoms with Crippen LogP contribution in [0.3, 0.4) is 0 Å². The molecule has 4 heterocycles. The number of aromatic nitrogens is 2. The number of hydrogen-bond acceptors (Lipinski definition) is 7. The number of anilines is 2. The lowest BCUT2D eigenvalue weighted by Crippen LogP contribution is -2.47. The molecular formula is C35H45Cl3N6O4. The predicted octanol–water partition coefficient (Wildman–Crippen LogP) is 5.87. The van der Waals surface area contributed by atoms with Crippen molar-refractivity contribution in [2.24, 2.45) is 5.41 Å². The summed E-state index contributed by atoms with van der Waals surface area (Å²) >= 11 is 0. The summed E-state index contributed by atoms with van der Waals surface area (Å²) in [6.45, 7) is 10.6. The van der Waals surface area contributed by atoms with Crippen molar-refractivity contribution in [3.05, 3.63) is 87.8 Å². The van der Waals surface area contributed by atoms with Gasteiger partial charge in [-0.25, -0.2) is 0 Å². The van der Waals surface area contributed by atoms with Gasteiger partial charge in [0.15, 0.2) is 0 Å². The number of furan rings is 1. The van der Waals surface area contributed by atoms with Crippen molar-refractivity contribution in [3.63, 3.8) is 0 Å². The van der Waals surface area contributed by atoms with Crippen molar-refractivity contribution >= 4 is 71.4 Å². The summed E-state index contributed by atoms with van der Waals surface area (Å²) in [5.41, 5.74) is 3.96. The lowest BCUT2D eigenvalue weighted by molar-refractivity contribution is -0.137. The molecule has 6 rings (SSSR count). The fourth-order valence-electron chi connectivity index (χ4n) is 6.19. The van der Waals surface area contributed by atoms with E-state index in [1.54, 1.807) is 47.5 Å². The Labute approximate surface area is 300 Å². The highest BCUT2D eigenvalue weighted by molar-refractivity contribution is 6.19. The number of amides is 2. The first-order chi connectivity index (χ1) is 21.6. The zero-order valence-corrected chi connectivity index (χ0v) is 30.5. The van der Waals surface area contributed by atoms with Gasteiger partial charge in [0.2, 0.25) is 11.8 Å². The second kappa shape index (κ2) is 15.9. The van der Waals surface area contributed by atoms with Crippen LogP contribution in [0.15, 0.2) is 64.1 Å². The predicted molar refractivity (Wildman–Crippen MR) is 197 cm³/mol. The van der Waals surface area contributed by atoms with Crippen LogP contribution in [0.2, 0.25) is 0 Å². The monoisotopic (exact) mass is 718 g/mol. The summed E-state index contributed by atoms with van der Waals surface area (Å²) in [7, 11) is 1.74. The first kappa shape index (κ1) is 39.0. The van der Waals surface area contributed by atoms with Gasteiger partial charge in [-0.2, -0.15) is 0 Å². The molecule has 10 nitrogen and oxygen atoms in total. The third kappa shape index (κ3) is 7.90. The molecule has 0 unspecified atom stereocenters. The number of nitrogens with zero attached hydrogens (tertiary/aromatic N) is 5. The van der Waals surface area contributed by atoms with Gasteiger partial charge in [0, 0.05) is 64.8 Å². The molecule has 13 heteroatoms. The smallest absolute Gasteiger partial charge is 0.261 e. The third-order valence-electron chi connectivity index (χ3n) is 8.99. The number of pyridine rings is 2. The molecular weight excluding hydrogens is 675 g/mol. The van der Waals surface area contributed by atoms with Gasteiger partial charge in [-0.1, -0.05) is 12.1 Å². The Balaban J connectivity index is 0.00000208. The fraction of sp³-hybridized carbons (Fsp3) is 0.429. The quantitative estimate of drug-likeness (QED) is 0.194. The maximum absolute atomic E-state index is 13.4. The summed E-state index contributed by atoms with van der Waals surface area (Å²) in [4.78, 5) is 50.4. The number of nitrogens with one attached hydrogen (secondary N) is 1. The minimum Gasteiger partial charge on any atom is -0.461 e. The molecule has 1 fully saturated rings. The fourth-order valence-corrected chi connectivity index (χ4v) is 6.19. The van der Waals surface area contributed by atoms with Crippen molar-refractivity contribution < 1.29 is 14.0 Å². The molecule has 0 atom stereocenters. The Bertz CT molecular complexity index is 1820. The van der Waals surface area contributed by atoms with E-state index in [0.717, 1.165) is 22.5 Å². The number of halogens is 3. The van der Waals surface area contributed by atoms with E-state index in [1.165, 1.54) is 12.8 Å². The highest BCUT2D eigenvalue weighted by Crippen LogP contribution is 2.39. The second-order valence-electron chi connectivity index (χ2n) is 12.8. The van der Waals surface area contributed by atoms with Gasteiger partial charge in [0.1, 0.15) is 16.8 Å². The number of hydrogen-bond donors (Lipinski definition) is 1. The number of carbonyl (C=O) groups excluding carboxylic acids is 2. The molecule has 260 valence electrons. The number of fused-ring (bicyclic) bond motifs is 2. The molecule has 0 saturated heterocycles. The first-order valence-electron chi connectivity index (χ1n) is 15.8. The van der Waals surface area contributed by atoms with E-state index in [2.05, 4.69) is 16.3 Å². The second-order valence-corrected chi connectivity index (χ2v) is 12.8. The van der Waals surface area contributed by atoms with E-state index >= 15 is 0 Å². The molecule has 0 spiro atoms. The van der Waals surface area contributed by atoms with E-state index in [9.17, 15) is 14.4 Å². The first-order valence-corrected chi connectivity index (χ1v) is 15.8. The van der Waals surface area contributed by atoms with Gasteiger partial charge < -0.3 is 24.1 Å². The average Bonchev–Trinajstić information content (AvgIpc) is 3.78. The standard InChI is InChI=1S/C35H42N6O4.3ClH/c1-6-41-29-12-9-24(19-30(29)38(5)33(43)35(3,4)34(41)44)21-39(22-25-8-7-14-36-28(25)20-37-26-10-11-26)16-17-40-15-13-31-27(32(40)42)18-23(2)45-31;;;/h7-9,12-15,18-19,26,37H,6,10-11,16-17,20-22H2,1-5H3;3*1H. The van der Waals surface area contributed by atoms with E-state index in [1.807, 2.05) is 50.4 Å². The van der Waals surface area contributed by atoms with E-state index in [-0.39, 0.29) is 54.6 Å². The minimum absolute atomic E-state index is 0. The van der Waals surface area contributed by atoms with Crippen molar-refractivity contribution in [2.75, 3.05) is 29.9 Å². The average molecular weight is 720 g/mol. The zero-order chi connectivity index (χ0) is 31.9. The van der Waals surface area contributed by atoms with Crippen LogP contribution in [-0.4, -0.2) is 52.4 Å². The topological polar surface area (TPSA) is 104 Å². The summed E-state index contributed by atoms with van der Waals surface area (Å²) in [6, 6.07) is 14.3. The van der Waals surface area contributed by atoms with Gasteiger partial charge >= 0.3 is 0 Å². The largest absolute Gasteiger partial charge is 0.461 e. The number of benzene rings is 1. The van der Waals surface area contributed by atoms with Crippen molar-refractivity contribution in [2.45, 2.75) is 72.8 Å². The molecule has 4 aromatic rings. The van der Waals surface area contributed by atoms with Gasteiger partial charge in [0.05, 0.1) is 22.5 Å². The molecule has 48 heavy (non-hydrogen) atoms. The van der Waals surface area contributed by atoms with Crippen LogP contribution < -0.4 is 20.7 Å². The SMILES string of the molecule is CCN1C(=O)C(C)(C)C(=O)N(C)c2cc(CN(CCn3ccc4oc(C)cc4c3=O)Cc3cccnc3CNC3CC3)ccc21.Cl.Cl.Cl. The summed E-state index contributed by atoms with van der Waals surface area (Å²) in [6.07, 6.45) is 6.04. The minimum atomic E-state index is -1.16. The summed E-state index contributed by atoms with van der Waals surface area (Å²) in [5.74, 6) is 0.281. The number of rotatable bonds is 11. The molecule has 1 N–H and O–H groups in total. The van der Waals surface area contributed by atoms with E-state index in [0.29, 0.717) is 67.7 Å². The lowest BCUT2D eigenvalue weighted by Gasteiger charge is -2.27. The maximum atomic E-state index is 13.4. The molecule has 2 aliphatic rings. The molecule has 2 amide bonds. The molecule has 0 radical (unpaired) electrons. The van der Waals surface area contributed by atoms with Crippen LogP contribution >= 0.6 is 37.2 Å². The Morgan fingerprint density at radius 1 is 1.00 bits per heavy atom.